The van der Waals surface area contributed by atoms with Crippen LogP contribution in [0.5, 0.6) is 0 Å². The fourth-order valence-electron chi connectivity index (χ4n) is 3.61. The van der Waals surface area contributed by atoms with Crippen LogP contribution in [0.15, 0.2) is 77.6 Å². The number of hydrogen-bond acceptors (Lipinski definition) is 3. The molecule has 0 unspecified atom stereocenters. The maximum absolute atomic E-state index is 13.0. The van der Waals surface area contributed by atoms with E-state index in [1.165, 1.54) is 0 Å². The molecular weight excluding hydrogens is 358 g/mol. The number of anilines is 2. The Bertz CT molecular complexity index is 1200. The quantitative estimate of drug-likeness (QED) is 0.485. The Morgan fingerprint density at radius 3 is 2.28 bits per heavy atom. The summed E-state index contributed by atoms with van der Waals surface area (Å²) in [5.74, 6) is 1.20. The van der Waals surface area contributed by atoms with E-state index in [-0.39, 0.29) is 5.43 Å². The SMILES string of the molecule is Cc1nc2c(cc1CC(C)C)c(=O)cc(Nc1ccccc1)n2-c1ccccc1. The third kappa shape index (κ3) is 3.92. The fourth-order valence-corrected chi connectivity index (χ4v) is 3.61. The molecule has 2 heterocycles. The summed E-state index contributed by atoms with van der Waals surface area (Å²) >= 11 is 0. The van der Waals surface area contributed by atoms with Gasteiger partial charge in [-0.3, -0.25) is 9.36 Å². The van der Waals surface area contributed by atoms with Gasteiger partial charge in [-0.05, 0) is 55.2 Å². The minimum Gasteiger partial charge on any atom is -0.341 e. The van der Waals surface area contributed by atoms with E-state index in [1.807, 2.05) is 78.2 Å². The molecule has 1 N–H and O–H groups in total. The first-order valence-electron chi connectivity index (χ1n) is 9.96. The summed E-state index contributed by atoms with van der Waals surface area (Å²) in [5, 5.41) is 4.04. The molecule has 0 saturated heterocycles. The number of rotatable bonds is 5. The van der Waals surface area contributed by atoms with Crippen LogP contribution in [-0.4, -0.2) is 9.55 Å². The van der Waals surface area contributed by atoms with Crippen LogP contribution in [0.2, 0.25) is 0 Å². The van der Waals surface area contributed by atoms with Gasteiger partial charge in [0.05, 0.1) is 5.39 Å². The lowest BCUT2D eigenvalue weighted by Gasteiger charge is -2.19. The van der Waals surface area contributed by atoms with Gasteiger partial charge in [-0.25, -0.2) is 4.98 Å². The second kappa shape index (κ2) is 7.92. The Labute approximate surface area is 170 Å². The minimum absolute atomic E-state index is 0.0249. The smallest absolute Gasteiger partial charge is 0.193 e. The molecular formula is C25H25N3O. The third-order valence-corrected chi connectivity index (χ3v) is 4.97. The number of benzene rings is 2. The van der Waals surface area contributed by atoms with Crippen LogP contribution < -0.4 is 10.7 Å². The van der Waals surface area contributed by atoms with Crippen molar-refractivity contribution < 1.29 is 0 Å². The molecule has 0 aliphatic rings. The molecule has 2 aromatic heterocycles. The van der Waals surface area contributed by atoms with E-state index in [0.717, 1.165) is 29.1 Å². The number of pyridine rings is 2. The molecule has 0 atom stereocenters. The molecule has 4 rings (SSSR count). The van der Waals surface area contributed by atoms with Crippen molar-refractivity contribution in [3.8, 4) is 5.69 Å². The highest BCUT2D eigenvalue weighted by Crippen LogP contribution is 2.26. The van der Waals surface area contributed by atoms with Gasteiger partial charge in [-0.1, -0.05) is 50.2 Å². The average Bonchev–Trinajstić information content (AvgIpc) is 2.70. The van der Waals surface area contributed by atoms with Crippen molar-refractivity contribution in [2.24, 2.45) is 5.92 Å². The van der Waals surface area contributed by atoms with Crippen molar-refractivity contribution in [3.05, 3.63) is 94.3 Å². The predicted molar refractivity (Wildman–Crippen MR) is 120 cm³/mol. The minimum atomic E-state index is -0.0249. The van der Waals surface area contributed by atoms with Crippen molar-refractivity contribution in [1.29, 1.82) is 0 Å². The standard InChI is InChI=1S/C25H25N3O/c1-17(2)14-19-15-22-23(29)16-24(27-20-10-6-4-7-11-20)28(25(22)26-18(19)3)21-12-8-5-9-13-21/h4-13,15-17,27H,14H2,1-3H3. The van der Waals surface area contributed by atoms with Crippen molar-refractivity contribution in [2.45, 2.75) is 27.2 Å². The van der Waals surface area contributed by atoms with E-state index in [1.54, 1.807) is 6.07 Å². The number of para-hydroxylation sites is 2. The van der Waals surface area contributed by atoms with E-state index in [2.05, 4.69) is 19.2 Å². The van der Waals surface area contributed by atoms with Crippen molar-refractivity contribution in [3.63, 3.8) is 0 Å². The van der Waals surface area contributed by atoms with E-state index in [4.69, 9.17) is 4.98 Å². The second-order valence-electron chi connectivity index (χ2n) is 7.76. The molecule has 0 fully saturated rings. The molecule has 4 aromatic rings. The summed E-state index contributed by atoms with van der Waals surface area (Å²) < 4.78 is 2.02. The zero-order valence-corrected chi connectivity index (χ0v) is 17.0. The van der Waals surface area contributed by atoms with E-state index in [9.17, 15) is 4.79 Å². The topological polar surface area (TPSA) is 46.9 Å². The van der Waals surface area contributed by atoms with Crippen LogP contribution in [0.25, 0.3) is 16.7 Å². The molecule has 0 radical (unpaired) electrons. The lowest BCUT2D eigenvalue weighted by molar-refractivity contribution is 0.643. The largest absolute Gasteiger partial charge is 0.341 e. The Hall–Kier alpha value is -3.40. The van der Waals surface area contributed by atoms with Crippen LogP contribution in [-0.2, 0) is 6.42 Å². The summed E-state index contributed by atoms with van der Waals surface area (Å²) in [6, 6.07) is 23.6. The molecule has 146 valence electrons. The summed E-state index contributed by atoms with van der Waals surface area (Å²) in [6.45, 7) is 6.38. The Kier molecular flexibility index (Phi) is 5.17. The molecule has 0 aliphatic heterocycles. The first-order chi connectivity index (χ1) is 14.0. The highest BCUT2D eigenvalue weighted by Gasteiger charge is 2.15. The van der Waals surface area contributed by atoms with Crippen LogP contribution in [0, 0.1) is 12.8 Å². The molecule has 4 nitrogen and oxygen atoms in total. The number of nitrogens with one attached hydrogen (secondary N) is 1. The molecule has 0 bridgehead atoms. The normalized spacial score (nSPS) is 11.2. The van der Waals surface area contributed by atoms with Crippen LogP contribution >= 0.6 is 0 Å². The summed E-state index contributed by atoms with van der Waals surface area (Å²) in [4.78, 5) is 17.9. The second-order valence-corrected chi connectivity index (χ2v) is 7.76. The zero-order chi connectivity index (χ0) is 20.4. The lowest BCUT2D eigenvalue weighted by Crippen LogP contribution is -2.15. The van der Waals surface area contributed by atoms with Gasteiger partial charge in [-0.2, -0.15) is 0 Å². The van der Waals surface area contributed by atoms with Crippen molar-refractivity contribution in [1.82, 2.24) is 9.55 Å². The molecule has 29 heavy (non-hydrogen) atoms. The van der Waals surface area contributed by atoms with Gasteiger partial charge in [0.15, 0.2) is 5.43 Å². The van der Waals surface area contributed by atoms with Gasteiger partial charge in [0.1, 0.15) is 11.5 Å². The van der Waals surface area contributed by atoms with Gasteiger partial charge in [0.25, 0.3) is 0 Å². The highest BCUT2D eigenvalue weighted by molar-refractivity contribution is 5.81. The van der Waals surface area contributed by atoms with Crippen molar-refractivity contribution in [2.75, 3.05) is 5.32 Å². The molecule has 0 amide bonds. The molecule has 2 aromatic carbocycles. The summed E-state index contributed by atoms with van der Waals surface area (Å²) in [5.41, 5.74) is 4.62. The molecule has 0 spiro atoms. The van der Waals surface area contributed by atoms with Crippen LogP contribution in [0.4, 0.5) is 11.5 Å². The number of fused-ring (bicyclic) bond motifs is 1. The summed E-state index contributed by atoms with van der Waals surface area (Å²) in [6.07, 6.45) is 0.906. The first kappa shape index (κ1) is 18.9. The maximum Gasteiger partial charge on any atom is 0.193 e. The number of aromatic nitrogens is 2. The predicted octanol–water partition coefficient (Wildman–Crippen LogP) is 5.64. The Balaban J connectivity index is 1.99. The number of nitrogens with zero attached hydrogens (tertiary/aromatic N) is 2. The monoisotopic (exact) mass is 383 g/mol. The van der Waals surface area contributed by atoms with Gasteiger partial charge in [0, 0.05) is 23.1 Å². The van der Waals surface area contributed by atoms with Crippen LogP contribution in [0.1, 0.15) is 25.1 Å². The van der Waals surface area contributed by atoms with Gasteiger partial charge in [-0.15, -0.1) is 0 Å². The molecule has 0 aliphatic carbocycles. The van der Waals surface area contributed by atoms with E-state index < -0.39 is 0 Å². The average molecular weight is 383 g/mol. The van der Waals surface area contributed by atoms with Gasteiger partial charge >= 0.3 is 0 Å². The highest BCUT2D eigenvalue weighted by atomic mass is 16.1. The van der Waals surface area contributed by atoms with Gasteiger partial charge < -0.3 is 5.32 Å². The molecule has 4 heteroatoms. The maximum atomic E-state index is 13.0. The van der Waals surface area contributed by atoms with E-state index in [0.29, 0.717) is 22.8 Å². The Morgan fingerprint density at radius 2 is 1.62 bits per heavy atom. The fraction of sp³-hybridized carbons (Fsp3) is 0.200. The number of aryl methyl sites for hydroxylation is 1. The van der Waals surface area contributed by atoms with Gasteiger partial charge in [0.2, 0.25) is 0 Å². The molecule has 0 saturated carbocycles. The third-order valence-electron chi connectivity index (χ3n) is 4.97. The Morgan fingerprint density at radius 1 is 0.966 bits per heavy atom. The van der Waals surface area contributed by atoms with E-state index >= 15 is 0 Å². The van der Waals surface area contributed by atoms with Crippen LogP contribution in [0.3, 0.4) is 0 Å². The zero-order valence-electron chi connectivity index (χ0n) is 17.0. The lowest BCUT2D eigenvalue weighted by atomic mass is 10.0. The van der Waals surface area contributed by atoms with Crippen molar-refractivity contribution >= 4 is 22.5 Å². The summed E-state index contributed by atoms with van der Waals surface area (Å²) in [7, 11) is 0. The number of hydrogen-bond donors (Lipinski definition) is 1. The first-order valence-corrected chi connectivity index (χ1v) is 9.96.